The van der Waals surface area contributed by atoms with Gasteiger partial charge in [0.05, 0.1) is 5.52 Å². The lowest BCUT2D eigenvalue weighted by Gasteiger charge is -1.94. The summed E-state index contributed by atoms with van der Waals surface area (Å²) in [6.07, 6.45) is 1.99. The van der Waals surface area contributed by atoms with E-state index in [1.54, 1.807) is 0 Å². The van der Waals surface area contributed by atoms with Crippen molar-refractivity contribution in [2.75, 3.05) is 0 Å². The van der Waals surface area contributed by atoms with Gasteiger partial charge >= 0.3 is 0 Å². The topological polar surface area (TPSA) is 17.8 Å². The number of benzene rings is 1. The number of halogens is 2. The summed E-state index contributed by atoms with van der Waals surface area (Å²) >= 11 is 6.94. The SMILES string of the molecule is Cn1cc2c(Br)c(Br)ccc2n1. The van der Waals surface area contributed by atoms with Gasteiger partial charge in [0, 0.05) is 27.6 Å². The molecular weight excluding hydrogens is 284 g/mol. The van der Waals surface area contributed by atoms with Gasteiger partial charge in [-0.05, 0) is 44.0 Å². The van der Waals surface area contributed by atoms with Crippen molar-refractivity contribution >= 4 is 42.8 Å². The Balaban J connectivity index is 2.89. The molecule has 1 aromatic heterocycles. The molecule has 0 unspecified atom stereocenters. The minimum atomic E-state index is 1.01. The molecule has 0 bridgehead atoms. The van der Waals surface area contributed by atoms with Crippen LogP contribution in [0.5, 0.6) is 0 Å². The van der Waals surface area contributed by atoms with E-state index in [1.165, 1.54) is 0 Å². The fourth-order valence-corrected chi connectivity index (χ4v) is 1.94. The molecule has 0 amide bonds. The largest absolute Gasteiger partial charge is 0.275 e. The zero-order chi connectivity index (χ0) is 8.72. The van der Waals surface area contributed by atoms with Gasteiger partial charge in [0.15, 0.2) is 0 Å². The first kappa shape index (κ1) is 8.26. The first-order valence-electron chi connectivity index (χ1n) is 3.46. The molecule has 1 heterocycles. The van der Waals surface area contributed by atoms with Crippen LogP contribution in [0.4, 0.5) is 0 Å². The molecule has 1 aromatic carbocycles. The van der Waals surface area contributed by atoms with E-state index >= 15 is 0 Å². The van der Waals surface area contributed by atoms with Crippen molar-refractivity contribution < 1.29 is 0 Å². The molecule has 0 saturated heterocycles. The summed E-state index contributed by atoms with van der Waals surface area (Å²) in [4.78, 5) is 0. The van der Waals surface area contributed by atoms with E-state index in [2.05, 4.69) is 37.0 Å². The highest BCUT2D eigenvalue weighted by atomic mass is 79.9. The Hall–Kier alpha value is -0.350. The molecule has 12 heavy (non-hydrogen) atoms. The zero-order valence-corrected chi connectivity index (χ0v) is 9.55. The summed E-state index contributed by atoms with van der Waals surface area (Å²) in [5, 5.41) is 5.41. The number of nitrogens with zero attached hydrogens (tertiary/aromatic N) is 2. The smallest absolute Gasteiger partial charge is 0.0935 e. The number of aryl methyl sites for hydroxylation is 1. The molecule has 0 aliphatic carbocycles. The second kappa shape index (κ2) is 2.85. The van der Waals surface area contributed by atoms with Crippen molar-refractivity contribution in [1.82, 2.24) is 9.78 Å². The molecule has 0 aliphatic rings. The molecule has 2 rings (SSSR count). The first-order chi connectivity index (χ1) is 5.68. The van der Waals surface area contributed by atoms with E-state index in [0.29, 0.717) is 0 Å². The van der Waals surface area contributed by atoms with Crippen molar-refractivity contribution in [3.63, 3.8) is 0 Å². The van der Waals surface area contributed by atoms with Crippen LogP contribution in [0, 0.1) is 0 Å². The number of hydrogen-bond donors (Lipinski definition) is 0. The summed E-state index contributed by atoms with van der Waals surface area (Å²) in [7, 11) is 1.92. The Labute approximate surface area is 86.8 Å². The van der Waals surface area contributed by atoms with Gasteiger partial charge in [-0.3, -0.25) is 4.68 Å². The Morgan fingerprint density at radius 1 is 1.33 bits per heavy atom. The van der Waals surface area contributed by atoms with Crippen molar-refractivity contribution in [2.45, 2.75) is 0 Å². The summed E-state index contributed by atoms with van der Waals surface area (Å²) in [6, 6.07) is 3.98. The zero-order valence-electron chi connectivity index (χ0n) is 6.38. The van der Waals surface area contributed by atoms with Gasteiger partial charge < -0.3 is 0 Å². The molecule has 0 aliphatic heterocycles. The fraction of sp³-hybridized carbons (Fsp3) is 0.125. The normalized spacial score (nSPS) is 10.9. The highest BCUT2D eigenvalue weighted by molar-refractivity contribution is 9.13. The molecule has 0 fully saturated rings. The summed E-state index contributed by atoms with van der Waals surface area (Å²) in [6.45, 7) is 0. The number of hydrogen-bond acceptors (Lipinski definition) is 1. The molecular formula is C8H6Br2N2. The number of aromatic nitrogens is 2. The average Bonchev–Trinajstić information content (AvgIpc) is 2.39. The maximum Gasteiger partial charge on any atom is 0.0935 e. The van der Waals surface area contributed by atoms with Crippen molar-refractivity contribution in [3.8, 4) is 0 Å². The van der Waals surface area contributed by atoms with Crippen molar-refractivity contribution in [3.05, 3.63) is 27.3 Å². The van der Waals surface area contributed by atoms with Gasteiger partial charge in [0.2, 0.25) is 0 Å². The van der Waals surface area contributed by atoms with Crippen LogP contribution in [0.1, 0.15) is 0 Å². The predicted octanol–water partition coefficient (Wildman–Crippen LogP) is 3.10. The van der Waals surface area contributed by atoms with Gasteiger partial charge in [-0.25, -0.2) is 0 Å². The fourth-order valence-electron chi connectivity index (χ4n) is 1.15. The van der Waals surface area contributed by atoms with E-state index in [0.717, 1.165) is 19.8 Å². The number of rotatable bonds is 0. The first-order valence-corrected chi connectivity index (χ1v) is 5.04. The average molecular weight is 290 g/mol. The highest BCUT2D eigenvalue weighted by Gasteiger charge is 2.04. The Bertz CT molecular complexity index is 434. The lowest BCUT2D eigenvalue weighted by molar-refractivity contribution is 0.779. The van der Waals surface area contributed by atoms with Crippen molar-refractivity contribution in [1.29, 1.82) is 0 Å². The summed E-state index contributed by atoms with van der Waals surface area (Å²) < 4.78 is 3.93. The Kier molecular flexibility index (Phi) is 1.96. The van der Waals surface area contributed by atoms with E-state index in [4.69, 9.17) is 0 Å². The molecule has 0 radical (unpaired) electrons. The third-order valence-electron chi connectivity index (χ3n) is 1.69. The molecule has 4 heteroatoms. The third kappa shape index (κ3) is 1.19. The highest BCUT2D eigenvalue weighted by Crippen LogP contribution is 2.30. The van der Waals surface area contributed by atoms with Gasteiger partial charge in [0.1, 0.15) is 0 Å². The van der Waals surface area contributed by atoms with Gasteiger partial charge in [-0.2, -0.15) is 5.10 Å². The molecule has 0 saturated carbocycles. The monoisotopic (exact) mass is 288 g/mol. The maximum absolute atomic E-state index is 4.28. The molecule has 0 spiro atoms. The summed E-state index contributed by atoms with van der Waals surface area (Å²) in [5.41, 5.74) is 1.01. The maximum atomic E-state index is 4.28. The standard InChI is InChI=1S/C8H6Br2N2/c1-12-4-5-7(11-12)3-2-6(9)8(5)10/h2-4H,1H3. The minimum absolute atomic E-state index is 1.01. The lowest BCUT2D eigenvalue weighted by atomic mass is 10.3. The number of fused-ring (bicyclic) bond motifs is 1. The van der Waals surface area contributed by atoms with Crippen LogP contribution in [-0.4, -0.2) is 9.78 Å². The molecule has 2 aromatic rings. The molecule has 62 valence electrons. The second-order valence-corrected chi connectivity index (χ2v) is 4.24. The van der Waals surface area contributed by atoms with E-state index < -0.39 is 0 Å². The van der Waals surface area contributed by atoms with Crippen LogP contribution in [0.2, 0.25) is 0 Å². The third-order valence-corrected chi connectivity index (χ3v) is 3.74. The lowest BCUT2D eigenvalue weighted by Crippen LogP contribution is -1.84. The summed E-state index contributed by atoms with van der Waals surface area (Å²) in [5.74, 6) is 0. The van der Waals surface area contributed by atoms with E-state index in [1.807, 2.05) is 30.1 Å². The predicted molar refractivity (Wildman–Crippen MR) is 56.1 cm³/mol. The van der Waals surface area contributed by atoms with Crippen LogP contribution < -0.4 is 0 Å². The van der Waals surface area contributed by atoms with E-state index in [9.17, 15) is 0 Å². The molecule has 0 atom stereocenters. The Morgan fingerprint density at radius 2 is 2.08 bits per heavy atom. The van der Waals surface area contributed by atoms with E-state index in [-0.39, 0.29) is 0 Å². The van der Waals surface area contributed by atoms with Crippen LogP contribution in [0.3, 0.4) is 0 Å². The molecule has 0 N–H and O–H groups in total. The van der Waals surface area contributed by atoms with Gasteiger partial charge in [-0.1, -0.05) is 0 Å². The quantitative estimate of drug-likeness (QED) is 0.729. The van der Waals surface area contributed by atoms with Crippen LogP contribution in [0.25, 0.3) is 10.9 Å². The van der Waals surface area contributed by atoms with Crippen LogP contribution in [-0.2, 0) is 7.05 Å². The second-order valence-electron chi connectivity index (χ2n) is 2.60. The Morgan fingerprint density at radius 3 is 2.83 bits per heavy atom. The molecule has 2 nitrogen and oxygen atoms in total. The van der Waals surface area contributed by atoms with Gasteiger partial charge in [0.25, 0.3) is 0 Å². The van der Waals surface area contributed by atoms with Crippen LogP contribution >= 0.6 is 31.9 Å². The van der Waals surface area contributed by atoms with Crippen molar-refractivity contribution in [2.24, 2.45) is 7.05 Å². The van der Waals surface area contributed by atoms with Gasteiger partial charge in [-0.15, -0.1) is 0 Å². The van der Waals surface area contributed by atoms with Crippen LogP contribution in [0.15, 0.2) is 27.3 Å². The minimum Gasteiger partial charge on any atom is -0.275 e.